The van der Waals surface area contributed by atoms with Gasteiger partial charge in [-0.15, -0.1) is 0 Å². The molecule has 0 aliphatic heterocycles. The molecule has 3 rings (SSSR count). The molecule has 114 valence electrons. The summed E-state index contributed by atoms with van der Waals surface area (Å²) in [5.74, 6) is -0.361. The topological polar surface area (TPSA) is 55.6 Å². The maximum Gasteiger partial charge on any atom is 0.169 e. The molecular weight excluding hydrogens is 281 g/mol. The SMILES string of the molecule is CCC(Nc1c(F)c(C)nc2cccnc12)c1ccn(C)n1. The number of hydrogen-bond acceptors (Lipinski definition) is 4. The molecule has 0 saturated carbocycles. The molecule has 0 aromatic carbocycles. The Kier molecular flexibility index (Phi) is 3.75. The van der Waals surface area contributed by atoms with Gasteiger partial charge in [0, 0.05) is 19.4 Å². The highest BCUT2D eigenvalue weighted by molar-refractivity contribution is 5.88. The van der Waals surface area contributed by atoms with Crippen LogP contribution < -0.4 is 5.32 Å². The monoisotopic (exact) mass is 299 g/mol. The van der Waals surface area contributed by atoms with Gasteiger partial charge in [0.15, 0.2) is 5.82 Å². The molecule has 0 amide bonds. The van der Waals surface area contributed by atoms with Crippen LogP contribution in [-0.4, -0.2) is 19.7 Å². The van der Waals surface area contributed by atoms with Gasteiger partial charge in [-0.2, -0.15) is 5.10 Å². The quantitative estimate of drug-likeness (QED) is 0.802. The number of halogens is 1. The third-order valence-corrected chi connectivity index (χ3v) is 3.67. The summed E-state index contributed by atoms with van der Waals surface area (Å²) in [4.78, 5) is 8.53. The van der Waals surface area contributed by atoms with Crippen LogP contribution in [0.1, 0.15) is 30.8 Å². The van der Waals surface area contributed by atoms with Crippen molar-refractivity contribution in [2.24, 2.45) is 7.05 Å². The zero-order valence-corrected chi connectivity index (χ0v) is 12.8. The van der Waals surface area contributed by atoms with Gasteiger partial charge in [0.1, 0.15) is 11.2 Å². The summed E-state index contributed by atoms with van der Waals surface area (Å²) >= 11 is 0. The van der Waals surface area contributed by atoms with Gasteiger partial charge in [0.2, 0.25) is 0 Å². The number of aryl methyl sites for hydroxylation is 2. The lowest BCUT2D eigenvalue weighted by Crippen LogP contribution is -2.13. The van der Waals surface area contributed by atoms with Gasteiger partial charge in [-0.05, 0) is 31.5 Å². The van der Waals surface area contributed by atoms with E-state index in [9.17, 15) is 4.39 Å². The summed E-state index contributed by atoms with van der Waals surface area (Å²) in [7, 11) is 1.87. The van der Waals surface area contributed by atoms with Crippen molar-refractivity contribution in [2.75, 3.05) is 5.32 Å². The van der Waals surface area contributed by atoms with Crippen molar-refractivity contribution in [3.63, 3.8) is 0 Å². The van der Waals surface area contributed by atoms with Crippen molar-refractivity contribution >= 4 is 16.7 Å². The molecule has 5 nitrogen and oxygen atoms in total. The molecule has 0 saturated heterocycles. The first-order valence-electron chi connectivity index (χ1n) is 7.27. The van der Waals surface area contributed by atoms with Gasteiger partial charge < -0.3 is 5.32 Å². The Morgan fingerprint density at radius 1 is 1.36 bits per heavy atom. The normalized spacial score (nSPS) is 12.5. The molecule has 3 aromatic heterocycles. The van der Waals surface area contributed by atoms with Gasteiger partial charge >= 0.3 is 0 Å². The average molecular weight is 299 g/mol. The first-order chi connectivity index (χ1) is 10.6. The standard InChI is InChI=1S/C16H18FN5/c1-4-11(12-7-9-22(3)21-12)20-16-14(17)10(2)19-13-6-5-8-18-15(13)16/h5-9,11H,4H2,1-3H3,(H,19,20). The first-order valence-corrected chi connectivity index (χ1v) is 7.27. The van der Waals surface area contributed by atoms with E-state index in [1.165, 1.54) is 0 Å². The molecule has 0 bridgehead atoms. The van der Waals surface area contributed by atoms with E-state index in [4.69, 9.17) is 0 Å². The Bertz CT molecular complexity index is 811. The smallest absolute Gasteiger partial charge is 0.169 e. The minimum absolute atomic E-state index is 0.0808. The van der Waals surface area contributed by atoms with Crippen LogP contribution in [0.25, 0.3) is 11.0 Å². The van der Waals surface area contributed by atoms with E-state index in [1.54, 1.807) is 23.9 Å². The summed E-state index contributed by atoms with van der Waals surface area (Å²) in [6.45, 7) is 3.70. The van der Waals surface area contributed by atoms with Crippen molar-refractivity contribution in [3.05, 3.63) is 47.8 Å². The van der Waals surface area contributed by atoms with E-state index in [0.29, 0.717) is 22.4 Å². The predicted octanol–water partition coefficient (Wildman–Crippen LogP) is 3.37. The molecule has 0 aliphatic carbocycles. The van der Waals surface area contributed by atoms with Crippen LogP contribution in [0.2, 0.25) is 0 Å². The van der Waals surface area contributed by atoms with Crippen LogP contribution in [0, 0.1) is 12.7 Å². The maximum atomic E-state index is 14.6. The molecule has 22 heavy (non-hydrogen) atoms. The Balaban J connectivity index is 2.07. The first kappa shape index (κ1) is 14.4. The van der Waals surface area contributed by atoms with Crippen LogP contribution in [0.3, 0.4) is 0 Å². The number of hydrogen-bond donors (Lipinski definition) is 1. The predicted molar refractivity (Wildman–Crippen MR) is 84.1 cm³/mol. The van der Waals surface area contributed by atoms with E-state index >= 15 is 0 Å². The molecule has 1 atom stereocenters. The number of fused-ring (bicyclic) bond motifs is 1. The zero-order chi connectivity index (χ0) is 15.7. The Labute approximate surface area is 128 Å². The maximum absolute atomic E-state index is 14.6. The zero-order valence-electron chi connectivity index (χ0n) is 12.8. The van der Waals surface area contributed by atoms with Crippen molar-refractivity contribution in [2.45, 2.75) is 26.3 Å². The number of aromatic nitrogens is 4. The molecule has 1 unspecified atom stereocenters. The summed E-state index contributed by atoms with van der Waals surface area (Å²) < 4.78 is 16.3. The molecule has 0 aliphatic rings. The second-order valence-corrected chi connectivity index (χ2v) is 5.28. The van der Waals surface area contributed by atoms with E-state index in [2.05, 4.69) is 20.4 Å². The lowest BCUT2D eigenvalue weighted by molar-refractivity contribution is 0.606. The number of anilines is 1. The van der Waals surface area contributed by atoms with Crippen molar-refractivity contribution in [3.8, 4) is 0 Å². The van der Waals surface area contributed by atoms with Crippen molar-refractivity contribution in [1.29, 1.82) is 0 Å². The van der Waals surface area contributed by atoms with Gasteiger partial charge in [-0.3, -0.25) is 9.67 Å². The Morgan fingerprint density at radius 3 is 2.86 bits per heavy atom. The number of rotatable bonds is 4. The fourth-order valence-corrected chi connectivity index (χ4v) is 2.50. The van der Waals surface area contributed by atoms with Crippen LogP contribution in [-0.2, 0) is 7.05 Å². The lowest BCUT2D eigenvalue weighted by atomic mass is 10.1. The largest absolute Gasteiger partial charge is 0.372 e. The molecule has 3 heterocycles. The van der Waals surface area contributed by atoms with E-state index in [1.807, 2.05) is 32.3 Å². The number of nitrogens with zero attached hydrogens (tertiary/aromatic N) is 4. The Morgan fingerprint density at radius 2 is 2.18 bits per heavy atom. The fourth-order valence-electron chi connectivity index (χ4n) is 2.50. The summed E-state index contributed by atoms with van der Waals surface area (Å²) in [6.07, 6.45) is 4.31. The molecule has 0 radical (unpaired) electrons. The van der Waals surface area contributed by atoms with Gasteiger partial charge in [0.25, 0.3) is 0 Å². The minimum Gasteiger partial charge on any atom is -0.372 e. The third-order valence-electron chi connectivity index (χ3n) is 3.67. The summed E-state index contributed by atoms with van der Waals surface area (Å²) in [5.41, 5.74) is 2.85. The summed E-state index contributed by atoms with van der Waals surface area (Å²) in [5, 5.41) is 7.66. The highest BCUT2D eigenvalue weighted by atomic mass is 19.1. The molecule has 0 fully saturated rings. The van der Waals surface area contributed by atoms with Crippen LogP contribution >= 0.6 is 0 Å². The van der Waals surface area contributed by atoms with Crippen LogP contribution in [0.15, 0.2) is 30.6 Å². The molecule has 3 aromatic rings. The molecular formula is C16H18FN5. The van der Waals surface area contributed by atoms with Crippen molar-refractivity contribution < 1.29 is 4.39 Å². The second-order valence-electron chi connectivity index (χ2n) is 5.28. The second kappa shape index (κ2) is 5.71. The van der Waals surface area contributed by atoms with Gasteiger partial charge in [0.05, 0.1) is 22.9 Å². The molecule has 0 spiro atoms. The van der Waals surface area contributed by atoms with E-state index < -0.39 is 0 Å². The summed E-state index contributed by atoms with van der Waals surface area (Å²) in [6, 6.07) is 5.49. The van der Waals surface area contributed by atoms with E-state index in [-0.39, 0.29) is 11.9 Å². The highest BCUT2D eigenvalue weighted by Gasteiger charge is 2.19. The molecule has 6 heteroatoms. The van der Waals surface area contributed by atoms with Crippen LogP contribution in [0.5, 0.6) is 0 Å². The highest BCUT2D eigenvalue weighted by Crippen LogP contribution is 2.29. The fraction of sp³-hybridized carbons (Fsp3) is 0.312. The third kappa shape index (κ3) is 2.52. The number of pyridine rings is 2. The van der Waals surface area contributed by atoms with Crippen molar-refractivity contribution in [1.82, 2.24) is 19.7 Å². The van der Waals surface area contributed by atoms with Gasteiger partial charge in [-0.25, -0.2) is 9.37 Å². The molecule has 1 N–H and O–H groups in total. The van der Waals surface area contributed by atoms with Gasteiger partial charge in [-0.1, -0.05) is 6.92 Å². The van der Waals surface area contributed by atoms with E-state index in [0.717, 1.165) is 12.1 Å². The average Bonchev–Trinajstić information content (AvgIpc) is 2.94. The van der Waals surface area contributed by atoms with Crippen LogP contribution in [0.4, 0.5) is 10.1 Å². The Hall–Kier alpha value is -2.50. The lowest BCUT2D eigenvalue weighted by Gasteiger charge is -2.18. The number of nitrogens with one attached hydrogen (secondary N) is 1. The minimum atomic E-state index is -0.361.